The minimum Gasteiger partial charge on any atom is -0.481 e. The number of carbonyl (C=O) groups is 2. The van der Waals surface area contributed by atoms with Crippen LogP contribution in [0.4, 0.5) is 4.79 Å². The van der Waals surface area contributed by atoms with Gasteiger partial charge in [-0.05, 0) is 38.9 Å². The third-order valence-corrected chi connectivity index (χ3v) is 4.14. The summed E-state index contributed by atoms with van der Waals surface area (Å²) in [7, 11) is 3.91. The number of likely N-dealkylation sites (tertiary alicyclic amines) is 1. The number of hydrogen-bond donors (Lipinski definition) is 2. The summed E-state index contributed by atoms with van der Waals surface area (Å²) in [6.07, 6.45) is 2.85. The van der Waals surface area contributed by atoms with Gasteiger partial charge in [0.15, 0.2) is 0 Å². The molecule has 1 aliphatic rings. The average molecular weight is 285 g/mol. The lowest BCUT2D eigenvalue weighted by molar-refractivity contribution is -0.138. The zero-order valence-corrected chi connectivity index (χ0v) is 12.8. The highest BCUT2D eigenvalue weighted by atomic mass is 16.4. The lowest BCUT2D eigenvalue weighted by Crippen LogP contribution is -2.48. The van der Waals surface area contributed by atoms with E-state index < -0.39 is 5.97 Å². The molecule has 1 heterocycles. The van der Waals surface area contributed by atoms with Crippen LogP contribution in [-0.2, 0) is 4.79 Å². The highest BCUT2D eigenvalue weighted by Gasteiger charge is 2.24. The predicted octanol–water partition coefficient (Wildman–Crippen LogP) is 1.22. The van der Waals surface area contributed by atoms with Crippen LogP contribution < -0.4 is 5.32 Å². The summed E-state index contributed by atoms with van der Waals surface area (Å²) in [6, 6.07) is 0.189. The van der Waals surface area contributed by atoms with Crippen LogP contribution in [0.25, 0.3) is 0 Å². The number of carbonyl (C=O) groups excluding carboxylic acids is 1. The van der Waals surface area contributed by atoms with Gasteiger partial charge in [-0.3, -0.25) is 4.79 Å². The van der Waals surface area contributed by atoms with Crippen LogP contribution >= 0.6 is 0 Å². The normalized spacial score (nSPS) is 18.6. The first-order valence-corrected chi connectivity index (χ1v) is 7.35. The molecule has 1 rings (SSSR count). The molecule has 6 heteroatoms. The van der Waals surface area contributed by atoms with E-state index in [0.29, 0.717) is 6.54 Å². The van der Waals surface area contributed by atoms with Gasteiger partial charge in [0.05, 0.1) is 0 Å². The van der Waals surface area contributed by atoms with E-state index in [-0.39, 0.29) is 24.4 Å². The van der Waals surface area contributed by atoms with Gasteiger partial charge in [0, 0.05) is 26.1 Å². The molecule has 0 saturated carbocycles. The van der Waals surface area contributed by atoms with E-state index in [2.05, 4.69) is 17.3 Å². The quantitative estimate of drug-likeness (QED) is 0.769. The molecule has 0 aromatic carbocycles. The van der Waals surface area contributed by atoms with Crippen molar-refractivity contribution in [2.24, 2.45) is 5.92 Å². The zero-order valence-electron chi connectivity index (χ0n) is 12.8. The van der Waals surface area contributed by atoms with Gasteiger partial charge in [0.1, 0.15) is 0 Å². The number of nitrogens with zero attached hydrogens (tertiary/aromatic N) is 2. The third-order valence-electron chi connectivity index (χ3n) is 4.14. The van der Waals surface area contributed by atoms with Gasteiger partial charge in [-0.15, -0.1) is 0 Å². The second-order valence-corrected chi connectivity index (χ2v) is 5.70. The maximum absolute atomic E-state index is 12.1. The third kappa shape index (κ3) is 5.36. The first-order chi connectivity index (χ1) is 9.43. The summed E-state index contributed by atoms with van der Waals surface area (Å²) in [5.74, 6) is -0.808. The molecule has 0 bridgehead atoms. The minimum atomic E-state index is -0.810. The Labute approximate surface area is 121 Å². The number of nitrogens with one attached hydrogen (secondary N) is 1. The van der Waals surface area contributed by atoms with E-state index in [1.165, 1.54) is 0 Å². The Bertz CT molecular complexity index is 328. The van der Waals surface area contributed by atoms with Crippen LogP contribution in [-0.4, -0.2) is 66.7 Å². The Hall–Kier alpha value is -1.30. The molecule has 1 unspecified atom stereocenters. The summed E-state index contributed by atoms with van der Waals surface area (Å²) < 4.78 is 0. The van der Waals surface area contributed by atoms with Crippen molar-refractivity contribution >= 4 is 12.0 Å². The van der Waals surface area contributed by atoms with Gasteiger partial charge in [-0.1, -0.05) is 13.3 Å². The fourth-order valence-electron chi connectivity index (χ4n) is 2.51. The van der Waals surface area contributed by atoms with E-state index in [1.54, 1.807) is 4.90 Å². The molecule has 1 saturated heterocycles. The largest absolute Gasteiger partial charge is 0.481 e. The molecule has 1 atom stereocenters. The van der Waals surface area contributed by atoms with Crippen molar-refractivity contribution in [1.29, 1.82) is 0 Å². The topological polar surface area (TPSA) is 72.9 Å². The molecule has 2 amide bonds. The van der Waals surface area contributed by atoms with Crippen LogP contribution in [0, 0.1) is 5.92 Å². The Kier molecular flexibility index (Phi) is 6.78. The van der Waals surface area contributed by atoms with Gasteiger partial charge in [-0.2, -0.15) is 0 Å². The monoisotopic (exact) mass is 285 g/mol. The molecule has 1 aliphatic heterocycles. The number of piperidine rings is 1. The molecule has 0 spiro atoms. The highest BCUT2D eigenvalue weighted by molar-refractivity contribution is 5.74. The SMILES string of the molecule is CCC(CNC(=O)N(C)C1CCN(C)CC1)CC(=O)O. The molecule has 6 nitrogen and oxygen atoms in total. The molecule has 20 heavy (non-hydrogen) atoms. The molecule has 2 N–H and O–H groups in total. The van der Waals surface area contributed by atoms with E-state index in [0.717, 1.165) is 32.4 Å². The smallest absolute Gasteiger partial charge is 0.317 e. The van der Waals surface area contributed by atoms with E-state index in [1.807, 2.05) is 14.0 Å². The number of carboxylic acids is 1. The van der Waals surface area contributed by atoms with Crippen LogP contribution in [0.2, 0.25) is 0 Å². The Morgan fingerprint density at radius 2 is 2.00 bits per heavy atom. The van der Waals surface area contributed by atoms with Gasteiger partial charge < -0.3 is 20.2 Å². The number of amides is 2. The van der Waals surface area contributed by atoms with Crippen LogP contribution in [0.3, 0.4) is 0 Å². The standard InChI is InChI=1S/C14H27N3O3/c1-4-11(9-13(18)19)10-15-14(20)17(3)12-5-7-16(2)8-6-12/h11-12H,4-10H2,1-3H3,(H,15,20)(H,18,19). The fraction of sp³-hybridized carbons (Fsp3) is 0.857. The number of carboxylic acid groups (broad SMARTS) is 1. The lowest BCUT2D eigenvalue weighted by Gasteiger charge is -2.35. The van der Waals surface area contributed by atoms with E-state index in [9.17, 15) is 9.59 Å². The number of aliphatic carboxylic acids is 1. The highest BCUT2D eigenvalue weighted by Crippen LogP contribution is 2.14. The van der Waals surface area contributed by atoms with Crippen molar-refractivity contribution in [3.05, 3.63) is 0 Å². The predicted molar refractivity (Wildman–Crippen MR) is 77.7 cm³/mol. The Morgan fingerprint density at radius 3 is 2.50 bits per heavy atom. The van der Waals surface area contributed by atoms with Crippen molar-refractivity contribution in [2.75, 3.05) is 33.7 Å². The summed E-state index contributed by atoms with van der Waals surface area (Å²) >= 11 is 0. The lowest BCUT2D eigenvalue weighted by atomic mass is 10.0. The fourth-order valence-corrected chi connectivity index (χ4v) is 2.51. The van der Waals surface area contributed by atoms with Crippen LogP contribution in [0.1, 0.15) is 32.6 Å². The van der Waals surface area contributed by atoms with Crippen molar-refractivity contribution < 1.29 is 14.7 Å². The average Bonchev–Trinajstić information content (AvgIpc) is 2.42. The molecule has 0 aromatic heterocycles. The molecular weight excluding hydrogens is 258 g/mol. The zero-order chi connectivity index (χ0) is 15.1. The number of hydrogen-bond acceptors (Lipinski definition) is 3. The summed E-state index contributed by atoms with van der Waals surface area (Å²) in [6.45, 7) is 4.40. The minimum absolute atomic E-state index is 0.00217. The van der Waals surface area contributed by atoms with Crippen molar-refractivity contribution in [2.45, 2.75) is 38.6 Å². The van der Waals surface area contributed by atoms with Crippen molar-refractivity contribution in [3.63, 3.8) is 0 Å². The van der Waals surface area contributed by atoms with E-state index in [4.69, 9.17) is 5.11 Å². The molecule has 0 radical (unpaired) electrons. The number of rotatable bonds is 6. The maximum Gasteiger partial charge on any atom is 0.317 e. The van der Waals surface area contributed by atoms with Gasteiger partial charge >= 0.3 is 12.0 Å². The van der Waals surface area contributed by atoms with Gasteiger partial charge in [0.2, 0.25) is 0 Å². The number of urea groups is 1. The van der Waals surface area contributed by atoms with Crippen molar-refractivity contribution in [3.8, 4) is 0 Å². The maximum atomic E-state index is 12.1. The molecule has 0 aliphatic carbocycles. The molecule has 116 valence electrons. The Balaban J connectivity index is 2.35. The summed E-state index contributed by atoms with van der Waals surface area (Å²) in [4.78, 5) is 26.8. The van der Waals surface area contributed by atoms with Crippen LogP contribution in [0.15, 0.2) is 0 Å². The van der Waals surface area contributed by atoms with Crippen molar-refractivity contribution in [1.82, 2.24) is 15.1 Å². The molecule has 0 aromatic rings. The van der Waals surface area contributed by atoms with E-state index >= 15 is 0 Å². The first-order valence-electron chi connectivity index (χ1n) is 7.35. The summed E-state index contributed by atoms with van der Waals surface area (Å²) in [5, 5.41) is 11.6. The van der Waals surface area contributed by atoms with Gasteiger partial charge in [-0.25, -0.2) is 4.79 Å². The second-order valence-electron chi connectivity index (χ2n) is 5.70. The summed E-state index contributed by atoms with van der Waals surface area (Å²) in [5.41, 5.74) is 0. The molecular formula is C14H27N3O3. The Morgan fingerprint density at radius 1 is 1.40 bits per heavy atom. The second kappa shape index (κ2) is 8.09. The molecule has 1 fully saturated rings. The first kappa shape index (κ1) is 16.8. The van der Waals surface area contributed by atoms with Gasteiger partial charge in [0.25, 0.3) is 0 Å². The van der Waals surface area contributed by atoms with Crippen LogP contribution in [0.5, 0.6) is 0 Å².